The average molecular weight is 266 g/mol. The Morgan fingerprint density at radius 2 is 1.65 bits per heavy atom. The molecule has 20 heavy (non-hydrogen) atoms. The summed E-state index contributed by atoms with van der Waals surface area (Å²) in [6.45, 7) is 4.20. The van der Waals surface area contributed by atoms with E-state index in [4.69, 9.17) is 0 Å². The van der Waals surface area contributed by atoms with Gasteiger partial charge in [-0.2, -0.15) is 0 Å². The van der Waals surface area contributed by atoms with Gasteiger partial charge in [-0.3, -0.25) is 0 Å². The SMILES string of the molecule is Cc1cc(C)cc(-c2nc3nc(N(C)C)ccc3[nH]2)c1. The summed E-state index contributed by atoms with van der Waals surface area (Å²) in [5.41, 5.74) is 5.30. The van der Waals surface area contributed by atoms with Crippen LogP contribution < -0.4 is 4.90 Å². The number of pyridine rings is 1. The lowest BCUT2D eigenvalue weighted by Gasteiger charge is -2.09. The minimum absolute atomic E-state index is 0.755. The molecule has 0 aliphatic heterocycles. The molecule has 0 amide bonds. The standard InChI is InChI=1S/C16H18N4/c1-10-7-11(2)9-12(8-10)15-17-13-5-6-14(20(3)4)18-16(13)19-15/h5-9H,1-4H3,(H,17,18,19). The van der Waals surface area contributed by atoms with Gasteiger partial charge < -0.3 is 9.88 Å². The van der Waals surface area contributed by atoms with Crippen molar-refractivity contribution in [3.05, 3.63) is 41.5 Å². The highest BCUT2D eigenvalue weighted by Crippen LogP contribution is 2.23. The van der Waals surface area contributed by atoms with Crippen molar-refractivity contribution in [2.45, 2.75) is 13.8 Å². The van der Waals surface area contributed by atoms with E-state index in [1.165, 1.54) is 11.1 Å². The Balaban J connectivity index is 2.12. The van der Waals surface area contributed by atoms with E-state index in [1.54, 1.807) is 0 Å². The van der Waals surface area contributed by atoms with E-state index in [0.717, 1.165) is 28.4 Å². The van der Waals surface area contributed by atoms with E-state index < -0.39 is 0 Å². The summed E-state index contributed by atoms with van der Waals surface area (Å²) in [6, 6.07) is 10.5. The van der Waals surface area contributed by atoms with Crippen molar-refractivity contribution in [3.8, 4) is 11.4 Å². The lowest BCUT2D eigenvalue weighted by Crippen LogP contribution is -2.10. The van der Waals surface area contributed by atoms with Crippen LogP contribution in [0.15, 0.2) is 30.3 Å². The molecule has 0 aliphatic rings. The zero-order valence-corrected chi connectivity index (χ0v) is 12.2. The Bertz CT molecular complexity index is 751. The average Bonchev–Trinajstić information content (AvgIpc) is 2.80. The van der Waals surface area contributed by atoms with Gasteiger partial charge in [-0.1, -0.05) is 17.2 Å². The Morgan fingerprint density at radius 1 is 0.950 bits per heavy atom. The van der Waals surface area contributed by atoms with E-state index in [1.807, 2.05) is 31.1 Å². The second-order valence-corrected chi connectivity index (χ2v) is 5.40. The van der Waals surface area contributed by atoms with Gasteiger partial charge in [0.05, 0.1) is 5.52 Å². The Morgan fingerprint density at radius 3 is 2.30 bits per heavy atom. The van der Waals surface area contributed by atoms with Crippen molar-refractivity contribution in [3.63, 3.8) is 0 Å². The summed E-state index contributed by atoms with van der Waals surface area (Å²) in [5, 5.41) is 0. The maximum atomic E-state index is 4.61. The molecule has 1 aromatic carbocycles. The first-order chi connectivity index (χ1) is 9.52. The zero-order valence-electron chi connectivity index (χ0n) is 12.2. The first-order valence-corrected chi connectivity index (χ1v) is 6.66. The minimum Gasteiger partial charge on any atom is -0.363 e. The molecule has 0 bridgehead atoms. The molecule has 3 aromatic rings. The molecule has 0 saturated carbocycles. The molecule has 1 N–H and O–H groups in total. The zero-order chi connectivity index (χ0) is 14.3. The fourth-order valence-corrected chi connectivity index (χ4v) is 2.38. The summed E-state index contributed by atoms with van der Waals surface area (Å²) in [5.74, 6) is 1.78. The Hall–Kier alpha value is -2.36. The molecule has 0 fully saturated rings. The molecule has 0 aliphatic carbocycles. The molecule has 0 radical (unpaired) electrons. The molecule has 2 heterocycles. The molecule has 0 atom stereocenters. The third-order valence-corrected chi connectivity index (χ3v) is 3.28. The number of benzene rings is 1. The number of nitrogens with one attached hydrogen (secondary N) is 1. The highest BCUT2D eigenvalue weighted by atomic mass is 15.1. The van der Waals surface area contributed by atoms with E-state index in [-0.39, 0.29) is 0 Å². The maximum Gasteiger partial charge on any atom is 0.180 e. The molecule has 0 saturated heterocycles. The van der Waals surface area contributed by atoms with Gasteiger partial charge in [0.1, 0.15) is 11.6 Å². The molecule has 0 spiro atoms. The molecule has 3 rings (SSSR count). The van der Waals surface area contributed by atoms with E-state index in [9.17, 15) is 0 Å². The van der Waals surface area contributed by atoms with Crippen LogP contribution in [0.1, 0.15) is 11.1 Å². The number of hydrogen-bond donors (Lipinski definition) is 1. The van der Waals surface area contributed by atoms with Crippen LogP contribution in [0.3, 0.4) is 0 Å². The van der Waals surface area contributed by atoms with Gasteiger partial charge in [0, 0.05) is 19.7 Å². The van der Waals surface area contributed by atoms with Gasteiger partial charge in [-0.15, -0.1) is 0 Å². The molecular formula is C16H18N4. The van der Waals surface area contributed by atoms with Crippen LogP contribution >= 0.6 is 0 Å². The molecule has 4 heteroatoms. The summed E-state index contributed by atoms with van der Waals surface area (Å²) < 4.78 is 0. The Kier molecular flexibility index (Phi) is 2.93. The summed E-state index contributed by atoms with van der Waals surface area (Å²) >= 11 is 0. The van der Waals surface area contributed by atoms with Gasteiger partial charge in [-0.25, -0.2) is 9.97 Å². The largest absolute Gasteiger partial charge is 0.363 e. The van der Waals surface area contributed by atoms with Gasteiger partial charge in [-0.05, 0) is 38.1 Å². The molecule has 0 unspecified atom stereocenters. The first kappa shape index (κ1) is 12.7. The second-order valence-electron chi connectivity index (χ2n) is 5.40. The monoisotopic (exact) mass is 266 g/mol. The number of H-pyrrole nitrogens is 1. The lowest BCUT2D eigenvalue weighted by molar-refractivity contribution is 1.08. The topological polar surface area (TPSA) is 44.8 Å². The highest BCUT2D eigenvalue weighted by Gasteiger charge is 2.08. The first-order valence-electron chi connectivity index (χ1n) is 6.66. The second kappa shape index (κ2) is 4.63. The lowest BCUT2D eigenvalue weighted by atomic mass is 10.1. The summed E-state index contributed by atoms with van der Waals surface area (Å²) in [6.07, 6.45) is 0. The quantitative estimate of drug-likeness (QED) is 0.774. The Labute approximate surface area is 118 Å². The minimum atomic E-state index is 0.755. The fraction of sp³-hybridized carbons (Fsp3) is 0.250. The van der Waals surface area contributed by atoms with Crippen molar-refractivity contribution >= 4 is 17.0 Å². The van der Waals surface area contributed by atoms with Crippen LogP contribution in [0.25, 0.3) is 22.6 Å². The van der Waals surface area contributed by atoms with Gasteiger partial charge in [0.15, 0.2) is 5.65 Å². The van der Waals surface area contributed by atoms with Crippen LogP contribution in [0.5, 0.6) is 0 Å². The molecule has 4 nitrogen and oxygen atoms in total. The number of anilines is 1. The number of imidazole rings is 1. The maximum absolute atomic E-state index is 4.61. The number of fused-ring (bicyclic) bond motifs is 1. The highest BCUT2D eigenvalue weighted by molar-refractivity contribution is 5.77. The van der Waals surface area contributed by atoms with Crippen molar-refractivity contribution in [2.24, 2.45) is 0 Å². The van der Waals surface area contributed by atoms with Crippen molar-refractivity contribution in [1.29, 1.82) is 0 Å². The van der Waals surface area contributed by atoms with Gasteiger partial charge in [0.25, 0.3) is 0 Å². The number of aromatic amines is 1. The number of aryl methyl sites for hydroxylation is 2. The predicted octanol–water partition coefficient (Wildman–Crippen LogP) is 3.31. The third-order valence-electron chi connectivity index (χ3n) is 3.28. The summed E-state index contributed by atoms with van der Waals surface area (Å²) in [7, 11) is 3.96. The van der Waals surface area contributed by atoms with Gasteiger partial charge in [0.2, 0.25) is 0 Å². The van der Waals surface area contributed by atoms with Crippen LogP contribution in [-0.4, -0.2) is 29.0 Å². The normalized spacial score (nSPS) is 11.0. The van der Waals surface area contributed by atoms with Crippen LogP contribution in [0.4, 0.5) is 5.82 Å². The fourth-order valence-electron chi connectivity index (χ4n) is 2.38. The van der Waals surface area contributed by atoms with Crippen molar-refractivity contribution in [2.75, 3.05) is 19.0 Å². The summed E-state index contributed by atoms with van der Waals surface area (Å²) in [4.78, 5) is 14.5. The van der Waals surface area contributed by atoms with Crippen LogP contribution in [0, 0.1) is 13.8 Å². The van der Waals surface area contributed by atoms with Gasteiger partial charge >= 0.3 is 0 Å². The van der Waals surface area contributed by atoms with E-state index in [2.05, 4.69) is 47.0 Å². The van der Waals surface area contributed by atoms with E-state index in [0.29, 0.717) is 0 Å². The smallest absolute Gasteiger partial charge is 0.180 e. The van der Waals surface area contributed by atoms with Crippen LogP contribution in [-0.2, 0) is 0 Å². The van der Waals surface area contributed by atoms with Crippen LogP contribution in [0.2, 0.25) is 0 Å². The van der Waals surface area contributed by atoms with E-state index >= 15 is 0 Å². The number of hydrogen-bond acceptors (Lipinski definition) is 3. The molecular weight excluding hydrogens is 248 g/mol. The number of rotatable bonds is 2. The number of aromatic nitrogens is 3. The van der Waals surface area contributed by atoms with Crippen molar-refractivity contribution < 1.29 is 0 Å². The third kappa shape index (κ3) is 2.25. The van der Waals surface area contributed by atoms with Crippen molar-refractivity contribution in [1.82, 2.24) is 15.0 Å². The molecule has 102 valence electrons. The molecule has 2 aromatic heterocycles. The number of nitrogens with zero attached hydrogens (tertiary/aromatic N) is 3. The predicted molar refractivity (Wildman–Crippen MR) is 83.1 cm³/mol.